The summed E-state index contributed by atoms with van der Waals surface area (Å²) in [4.78, 5) is 28.3. The highest BCUT2D eigenvalue weighted by Crippen LogP contribution is 2.31. The van der Waals surface area contributed by atoms with Crippen molar-refractivity contribution in [1.29, 1.82) is 0 Å². The quantitative estimate of drug-likeness (QED) is 0.658. The number of halogens is 3. The second-order valence-electron chi connectivity index (χ2n) is 7.45. The topological polar surface area (TPSA) is 101 Å². The highest BCUT2D eigenvalue weighted by Gasteiger charge is 2.34. The molecule has 0 radical (unpaired) electrons. The zero-order valence-electron chi connectivity index (χ0n) is 15.7. The van der Waals surface area contributed by atoms with Gasteiger partial charge in [-0.3, -0.25) is 14.6 Å². The van der Waals surface area contributed by atoms with Crippen LogP contribution in [0.4, 0.5) is 8.78 Å². The zero-order valence-corrected chi connectivity index (χ0v) is 16.5. The van der Waals surface area contributed by atoms with Crippen molar-refractivity contribution in [3.8, 4) is 5.75 Å². The summed E-state index contributed by atoms with van der Waals surface area (Å²) in [5, 5.41) is 15.7. The van der Waals surface area contributed by atoms with Crippen molar-refractivity contribution in [3.63, 3.8) is 0 Å². The Morgan fingerprint density at radius 3 is 2.52 bits per heavy atom. The zero-order chi connectivity index (χ0) is 21.3. The van der Waals surface area contributed by atoms with E-state index in [4.69, 9.17) is 11.6 Å². The van der Waals surface area contributed by atoms with Crippen LogP contribution in [-0.2, 0) is 4.79 Å². The van der Waals surface area contributed by atoms with Crippen LogP contribution in [0.2, 0.25) is 5.02 Å². The first-order chi connectivity index (χ1) is 13.5. The van der Waals surface area contributed by atoms with E-state index in [0.717, 1.165) is 0 Å². The van der Waals surface area contributed by atoms with Gasteiger partial charge in [0, 0.05) is 29.7 Å². The maximum absolute atomic E-state index is 12.4. The second-order valence-corrected chi connectivity index (χ2v) is 7.86. The molecule has 0 bridgehead atoms. The van der Waals surface area contributed by atoms with Gasteiger partial charge in [-0.2, -0.15) is 8.78 Å². The number of aromatic nitrogens is 1. The predicted molar refractivity (Wildman–Crippen MR) is 102 cm³/mol. The van der Waals surface area contributed by atoms with Gasteiger partial charge in [0.1, 0.15) is 11.4 Å². The highest BCUT2D eigenvalue weighted by molar-refractivity contribution is 6.32. The average Bonchev–Trinajstić information content (AvgIpc) is 2.58. The van der Waals surface area contributed by atoms with Gasteiger partial charge < -0.3 is 20.5 Å². The van der Waals surface area contributed by atoms with E-state index in [0.29, 0.717) is 29.3 Å². The van der Waals surface area contributed by atoms with Gasteiger partial charge in [-0.15, -0.1) is 0 Å². The van der Waals surface area contributed by atoms with Gasteiger partial charge in [0.2, 0.25) is 0 Å². The molecule has 10 heteroatoms. The molecule has 0 atom stereocenters. The molecule has 0 unspecified atom stereocenters. The Balaban J connectivity index is 1.61. The van der Waals surface area contributed by atoms with E-state index in [1.54, 1.807) is 6.07 Å². The molecular weight excluding hydrogens is 408 g/mol. The number of carbonyl (C=O) groups is 2. The molecule has 156 valence electrons. The highest BCUT2D eigenvalue weighted by atomic mass is 35.5. The van der Waals surface area contributed by atoms with Crippen LogP contribution in [0.15, 0.2) is 24.4 Å². The van der Waals surface area contributed by atoms with Crippen LogP contribution in [0.3, 0.4) is 0 Å². The van der Waals surface area contributed by atoms with E-state index in [-0.39, 0.29) is 28.8 Å². The number of pyridine rings is 1. The Morgan fingerprint density at radius 1 is 1.24 bits per heavy atom. The van der Waals surface area contributed by atoms with Crippen LogP contribution in [0.5, 0.6) is 5.75 Å². The number of nitrogens with zero attached hydrogens (tertiary/aromatic N) is 1. The van der Waals surface area contributed by atoms with Gasteiger partial charge >= 0.3 is 6.61 Å². The Kier molecular flexibility index (Phi) is 5.90. The minimum Gasteiger partial charge on any atom is -0.433 e. The van der Waals surface area contributed by atoms with Crippen LogP contribution in [0.25, 0.3) is 10.9 Å². The Morgan fingerprint density at radius 2 is 1.90 bits per heavy atom. The Hall–Kier alpha value is -2.52. The van der Waals surface area contributed by atoms with Crippen molar-refractivity contribution in [1.82, 2.24) is 15.6 Å². The van der Waals surface area contributed by atoms with Gasteiger partial charge in [0.25, 0.3) is 11.8 Å². The van der Waals surface area contributed by atoms with Crippen molar-refractivity contribution >= 4 is 34.3 Å². The molecule has 0 saturated heterocycles. The summed E-state index contributed by atoms with van der Waals surface area (Å²) in [6, 6.07) is 4.02. The van der Waals surface area contributed by atoms with Crippen molar-refractivity contribution < 1.29 is 28.2 Å². The molecule has 0 spiro atoms. The summed E-state index contributed by atoms with van der Waals surface area (Å²) in [5.74, 6) is -0.994. The smallest absolute Gasteiger partial charge is 0.387 e. The number of fused-ring (bicyclic) bond motifs is 1. The van der Waals surface area contributed by atoms with Crippen LogP contribution in [0, 0.1) is 0 Å². The monoisotopic (exact) mass is 427 g/mol. The maximum Gasteiger partial charge on any atom is 0.387 e. The Bertz CT molecular complexity index is 943. The van der Waals surface area contributed by atoms with Crippen molar-refractivity contribution in [2.24, 2.45) is 0 Å². The third kappa shape index (κ3) is 5.10. The van der Waals surface area contributed by atoms with E-state index >= 15 is 0 Å². The van der Waals surface area contributed by atoms with Gasteiger partial charge in [-0.1, -0.05) is 11.6 Å². The van der Waals surface area contributed by atoms with Gasteiger partial charge in [-0.05, 0) is 38.8 Å². The molecule has 1 aromatic carbocycles. The fourth-order valence-electron chi connectivity index (χ4n) is 2.92. The van der Waals surface area contributed by atoms with Crippen molar-refractivity contribution in [2.45, 2.75) is 51.0 Å². The van der Waals surface area contributed by atoms with Crippen LogP contribution in [-0.4, -0.2) is 46.2 Å². The Labute approximate surface area is 170 Å². The van der Waals surface area contributed by atoms with Crippen molar-refractivity contribution in [2.75, 3.05) is 0 Å². The van der Waals surface area contributed by atoms with E-state index in [1.165, 1.54) is 32.2 Å². The van der Waals surface area contributed by atoms with E-state index in [1.807, 2.05) is 0 Å². The SMILES string of the molecule is CC(C)(O)C(=O)N[C@H]1C[C@H](NC(=O)c2cnc3cc(OC(F)F)c(Cl)cc3c2)C1. The third-order valence-corrected chi connectivity index (χ3v) is 4.87. The second kappa shape index (κ2) is 8.08. The molecule has 1 saturated carbocycles. The number of hydrogen-bond acceptors (Lipinski definition) is 5. The lowest BCUT2D eigenvalue weighted by molar-refractivity contribution is -0.137. The first-order valence-corrected chi connectivity index (χ1v) is 9.29. The summed E-state index contributed by atoms with van der Waals surface area (Å²) in [7, 11) is 0. The lowest BCUT2D eigenvalue weighted by atomic mass is 9.86. The number of rotatable bonds is 6. The lowest BCUT2D eigenvalue weighted by Gasteiger charge is -2.37. The largest absolute Gasteiger partial charge is 0.433 e. The number of alkyl halides is 2. The van der Waals surface area contributed by atoms with E-state index in [9.17, 15) is 23.5 Å². The molecule has 2 aromatic rings. The van der Waals surface area contributed by atoms with Gasteiger partial charge in [-0.25, -0.2) is 0 Å². The number of nitrogens with one attached hydrogen (secondary N) is 2. The summed E-state index contributed by atoms with van der Waals surface area (Å²) in [6.45, 7) is -0.196. The molecule has 7 nitrogen and oxygen atoms in total. The number of amides is 2. The molecule has 1 aliphatic rings. The normalized spacial score (nSPS) is 19.0. The summed E-state index contributed by atoms with van der Waals surface area (Å²) >= 11 is 5.95. The molecule has 1 heterocycles. The molecule has 3 N–H and O–H groups in total. The maximum atomic E-state index is 12.4. The molecule has 1 aromatic heterocycles. The number of aliphatic hydroxyl groups is 1. The number of benzene rings is 1. The summed E-state index contributed by atoms with van der Waals surface area (Å²) in [6.07, 6.45) is 2.44. The third-order valence-electron chi connectivity index (χ3n) is 4.58. The van der Waals surface area contributed by atoms with Crippen LogP contribution < -0.4 is 15.4 Å². The van der Waals surface area contributed by atoms with Gasteiger partial charge in [0.05, 0.1) is 16.1 Å². The first-order valence-electron chi connectivity index (χ1n) is 8.91. The number of ether oxygens (including phenoxy) is 1. The fourth-order valence-corrected chi connectivity index (χ4v) is 3.14. The number of carbonyl (C=O) groups excluding carboxylic acids is 2. The molecular formula is C19H20ClF2N3O4. The lowest BCUT2D eigenvalue weighted by Crippen LogP contribution is -2.56. The van der Waals surface area contributed by atoms with E-state index in [2.05, 4.69) is 20.4 Å². The minimum absolute atomic E-state index is 0.0125. The standard InChI is InChI=1S/C19H20ClF2N3O4/c1-19(2,28)17(27)25-12-5-11(6-12)24-16(26)10-3-9-4-13(20)15(29-18(21)22)7-14(9)23-8-10/h3-4,7-8,11-12,18,28H,5-6H2,1-2H3,(H,24,26)(H,25,27)/t11-,12-. The first kappa shape index (κ1) is 21.2. The molecule has 29 heavy (non-hydrogen) atoms. The minimum atomic E-state index is -3.01. The summed E-state index contributed by atoms with van der Waals surface area (Å²) < 4.78 is 29.1. The predicted octanol–water partition coefficient (Wildman–Crippen LogP) is 2.64. The van der Waals surface area contributed by atoms with Gasteiger partial charge in [0.15, 0.2) is 0 Å². The molecule has 2 amide bonds. The van der Waals surface area contributed by atoms with Crippen LogP contribution >= 0.6 is 11.6 Å². The number of hydrogen-bond donors (Lipinski definition) is 3. The molecule has 0 aliphatic heterocycles. The molecule has 3 rings (SSSR count). The van der Waals surface area contributed by atoms with E-state index < -0.39 is 18.1 Å². The van der Waals surface area contributed by atoms with Crippen molar-refractivity contribution in [3.05, 3.63) is 35.0 Å². The molecule has 1 fully saturated rings. The molecule has 1 aliphatic carbocycles. The average molecular weight is 428 g/mol. The van der Waals surface area contributed by atoms with Crippen LogP contribution in [0.1, 0.15) is 37.0 Å². The fraction of sp³-hybridized carbons (Fsp3) is 0.421. The summed E-state index contributed by atoms with van der Waals surface area (Å²) in [5.41, 5.74) is -0.799.